The van der Waals surface area contributed by atoms with Crippen molar-refractivity contribution in [3.8, 4) is 5.75 Å². The number of aromatic nitrogens is 2. The Morgan fingerprint density at radius 2 is 2.06 bits per heavy atom. The highest BCUT2D eigenvalue weighted by molar-refractivity contribution is 7.52. The van der Waals surface area contributed by atoms with E-state index < -0.39 is 56.1 Å². The zero-order valence-electron chi connectivity index (χ0n) is 17.8. The van der Waals surface area contributed by atoms with E-state index in [9.17, 15) is 29.5 Å². The second-order valence-electron chi connectivity index (χ2n) is 7.61. The van der Waals surface area contributed by atoms with Crippen LogP contribution in [0.3, 0.4) is 0 Å². The second kappa shape index (κ2) is 9.59. The largest absolute Gasteiger partial charge is 0.480 e. The average molecular weight is 484 g/mol. The summed E-state index contributed by atoms with van der Waals surface area (Å²) >= 11 is 0. The number of carboxylic acids is 1. The first-order valence-corrected chi connectivity index (χ1v) is 11.4. The van der Waals surface area contributed by atoms with Gasteiger partial charge in [0.15, 0.2) is 6.23 Å². The molecule has 1 aliphatic heterocycles. The number of anilines is 1. The first-order chi connectivity index (χ1) is 15.4. The lowest BCUT2D eigenvalue weighted by Crippen LogP contribution is -2.47. The molecule has 1 aromatic carbocycles. The van der Waals surface area contributed by atoms with Crippen LogP contribution in [0, 0.1) is 0 Å². The van der Waals surface area contributed by atoms with Gasteiger partial charge in [-0.1, -0.05) is 18.2 Å². The normalized spacial score (nSPS) is 27.6. The van der Waals surface area contributed by atoms with Crippen LogP contribution < -0.4 is 21.0 Å². The van der Waals surface area contributed by atoms with Crippen molar-refractivity contribution in [3.63, 3.8) is 0 Å². The van der Waals surface area contributed by atoms with Crippen LogP contribution in [0.5, 0.6) is 5.75 Å². The van der Waals surface area contributed by atoms with Gasteiger partial charge in [0.2, 0.25) is 0 Å². The van der Waals surface area contributed by atoms with Crippen LogP contribution in [0.1, 0.15) is 20.1 Å². The molecule has 0 spiro atoms. The third-order valence-electron chi connectivity index (χ3n) is 5.04. The van der Waals surface area contributed by atoms with Crippen molar-refractivity contribution < 1.29 is 38.5 Å². The first kappa shape index (κ1) is 24.8. The van der Waals surface area contributed by atoms with Gasteiger partial charge in [0, 0.05) is 6.20 Å². The SMILES string of the molecule is C[C@H](NP(=O)(OC[C@H]1O[C@@H](n2ccc(N)nc2=O)[C@H](O)[C@@]1(C)O)Oc1ccccc1)C(=O)O. The lowest BCUT2D eigenvalue weighted by atomic mass is 9.95. The summed E-state index contributed by atoms with van der Waals surface area (Å²) in [7, 11) is -4.29. The van der Waals surface area contributed by atoms with Gasteiger partial charge in [0.05, 0.1) is 6.61 Å². The van der Waals surface area contributed by atoms with Gasteiger partial charge in [-0.25, -0.2) is 9.36 Å². The Balaban J connectivity index is 1.80. The molecular formula is C19H25N4O9P. The summed E-state index contributed by atoms with van der Waals surface area (Å²) in [6.07, 6.45) is -2.96. The average Bonchev–Trinajstić information content (AvgIpc) is 2.96. The zero-order valence-corrected chi connectivity index (χ0v) is 18.7. The molecule has 1 fully saturated rings. The maximum atomic E-state index is 13.3. The lowest BCUT2D eigenvalue weighted by molar-refractivity contribution is -0.138. The Hall–Kier alpha value is -2.80. The van der Waals surface area contributed by atoms with Gasteiger partial charge in [0.1, 0.15) is 35.4 Å². The van der Waals surface area contributed by atoms with Crippen molar-refractivity contribution in [2.45, 2.75) is 43.9 Å². The molecule has 3 rings (SSSR count). The summed E-state index contributed by atoms with van der Waals surface area (Å²) < 4.78 is 30.7. The minimum Gasteiger partial charge on any atom is -0.480 e. The Morgan fingerprint density at radius 1 is 1.39 bits per heavy atom. The number of aliphatic hydroxyl groups excluding tert-OH is 1. The van der Waals surface area contributed by atoms with E-state index in [4.69, 9.17) is 19.5 Å². The van der Waals surface area contributed by atoms with E-state index in [1.165, 1.54) is 38.2 Å². The Labute approximate surface area is 188 Å². The van der Waals surface area contributed by atoms with Gasteiger partial charge in [-0.15, -0.1) is 0 Å². The number of carbonyl (C=O) groups is 1. The highest BCUT2D eigenvalue weighted by Crippen LogP contribution is 2.46. The lowest BCUT2D eigenvalue weighted by Gasteiger charge is -2.28. The number of nitrogens with two attached hydrogens (primary N) is 1. The predicted octanol–water partition coefficient (Wildman–Crippen LogP) is 0.101. The standard InChI is InChI=1S/C19H25N4O9P/c1-11(17(25)26)22-33(29,32-12-6-4-3-5-7-12)30-10-13-19(2,28)15(24)16(31-13)23-9-8-14(20)21-18(23)27/h3-9,11,13,15-16,24,28H,10H2,1-2H3,(H,22,29)(H,25,26)(H2,20,21,27)/t11-,13+,15-,16+,19-,33?/m0/s1. The van der Waals surface area contributed by atoms with Crippen molar-refractivity contribution in [2.24, 2.45) is 0 Å². The van der Waals surface area contributed by atoms with E-state index >= 15 is 0 Å². The van der Waals surface area contributed by atoms with E-state index in [0.29, 0.717) is 0 Å². The minimum absolute atomic E-state index is 0.0343. The number of nitrogens with one attached hydrogen (secondary N) is 1. The number of ether oxygens (including phenoxy) is 1. The monoisotopic (exact) mass is 484 g/mol. The molecule has 1 aliphatic rings. The molecule has 0 amide bonds. The van der Waals surface area contributed by atoms with Gasteiger partial charge in [0.25, 0.3) is 0 Å². The number of aliphatic hydroxyl groups is 2. The number of nitrogen functional groups attached to an aromatic ring is 1. The number of carboxylic acid groups (broad SMARTS) is 1. The fraction of sp³-hybridized carbons (Fsp3) is 0.421. The van der Waals surface area contributed by atoms with Crippen LogP contribution in [-0.2, 0) is 18.6 Å². The van der Waals surface area contributed by atoms with Crippen LogP contribution in [0.2, 0.25) is 0 Å². The predicted molar refractivity (Wildman–Crippen MR) is 114 cm³/mol. The molecule has 180 valence electrons. The van der Waals surface area contributed by atoms with Gasteiger partial charge in [-0.3, -0.25) is 13.9 Å². The Morgan fingerprint density at radius 3 is 2.67 bits per heavy atom. The van der Waals surface area contributed by atoms with Gasteiger partial charge in [-0.2, -0.15) is 10.1 Å². The summed E-state index contributed by atoms with van der Waals surface area (Å²) in [6, 6.07) is 7.93. The highest BCUT2D eigenvalue weighted by Gasteiger charge is 2.54. The molecule has 1 aromatic heterocycles. The molecule has 0 radical (unpaired) electrons. The molecule has 2 aromatic rings. The van der Waals surface area contributed by atoms with E-state index in [1.54, 1.807) is 18.2 Å². The van der Waals surface area contributed by atoms with Gasteiger partial charge >= 0.3 is 19.4 Å². The van der Waals surface area contributed by atoms with E-state index in [-0.39, 0.29) is 11.6 Å². The molecule has 0 aliphatic carbocycles. The Bertz CT molecular complexity index is 1090. The quantitative estimate of drug-likeness (QED) is 0.302. The summed E-state index contributed by atoms with van der Waals surface area (Å²) in [5, 5.41) is 32.8. The van der Waals surface area contributed by atoms with Crippen LogP contribution in [-0.4, -0.2) is 61.3 Å². The number of rotatable bonds is 9. The summed E-state index contributed by atoms with van der Waals surface area (Å²) in [6.45, 7) is 1.91. The Kier molecular flexibility index (Phi) is 7.22. The minimum atomic E-state index is -4.29. The number of nitrogens with zero attached hydrogens (tertiary/aromatic N) is 2. The first-order valence-electron chi connectivity index (χ1n) is 9.83. The fourth-order valence-corrected chi connectivity index (χ4v) is 4.57. The summed E-state index contributed by atoms with van der Waals surface area (Å²) in [5.74, 6) is -1.19. The summed E-state index contributed by atoms with van der Waals surface area (Å²) in [5.41, 5.74) is 2.71. The third kappa shape index (κ3) is 5.58. The second-order valence-corrected chi connectivity index (χ2v) is 9.31. The van der Waals surface area contributed by atoms with Crippen molar-refractivity contribution in [1.29, 1.82) is 0 Å². The molecule has 0 bridgehead atoms. The van der Waals surface area contributed by atoms with Crippen LogP contribution in [0.4, 0.5) is 5.82 Å². The van der Waals surface area contributed by atoms with Gasteiger partial charge < -0.3 is 30.3 Å². The molecule has 0 saturated carbocycles. The molecule has 13 nitrogen and oxygen atoms in total. The van der Waals surface area contributed by atoms with E-state index in [0.717, 1.165) is 4.57 Å². The molecular weight excluding hydrogens is 459 g/mol. The van der Waals surface area contributed by atoms with Crippen molar-refractivity contribution >= 4 is 19.5 Å². The number of benzene rings is 1. The topological polar surface area (TPSA) is 195 Å². The smallest absolute Gasteiger partial charge is 0.459 e. The van der Waals surface area contributed by atoms with Crippen molar-refractivity contribution in [1.82, 2.24) is 14.6 Å². The molecule has 1 saturated heterocycles. The van der Waals surface area contributed by atoms with E-state index in [2.05, 4.69) is 10.1 Å². The zero-order chi connectivity index (χ0) is 24.4. The third-order valence-corrected chi connectivity index (χ3v) is 6.68. The summed E-state index contributed by atoms with van der Waals surface area (Å²) in [4.78, 5) is 26.9. The number of hydrogen-bond donors (Lipinski definition) is 5. The van der Waals surface area contributed by atoms with Crippen molar-refractivity contribution in [3.05, 3.63) is 53.1 Å². The highest BCUT2D eigenvalue weighted by atomic mass is 31.2. The fourth-order valence-electron chi connectivity index (χ4n) is 3.07. The molecule has 14 heteroatoms. The number of aliphatic carboxylic acids is 1. The number of hydrogen-bond acceptors (Lipinski definition) is 10. The molecule has 33 heavy (non-hydrogen) atoms. The molecule has 6 N–H and O–H groups in total. The number of para-hydroxylation sites is 1. The van der Waals surface area contributed by atoms with Crippen LogP contribution in [0.15, 0.2) is 47.4 Å². The van der Waals surface area contributed by atoms with Crippen LogP contribution >= 0.6 is 7.75 Å². The van der Waals surface area contributed by atoms with Crippen LogP contribution in [0.25, 0.3) is 0 Å². The maximum absolute atomic E-state index is 13.3. The maximum Gasteiger partial charge on any atom is 0.459 e. The molecule has 6 atom stereocenters. The van der Waals surface area contributed by atoms with Gasteiger partial charge in [-0.05, 0) is 32.0 Å². The van der Waals surface area contributed by atoms with Crippen molar-refractivity contribution in [2.75, 3.05) is 12.3 Å². The molecule has 2 heterocycles. The van der Waals surface area contributed by atoms with E-state index in [1.807, 2.05) is 0 Å². The molecule has 1 unspecified atom stereocenters.